The summed E-state index contributed by atoms with van der Waals surface area (Å²) in [4.78, 5) is 17.4. The molecule has 0 atom stereocenters. The molecule has 0 spiro atoms. The lowest BCUT2D eigenvalue weighted by Gasteiger charge is -1.92. The summed E-state index contributed by atoms with van der Waals surface area (Å²) in [6.45, 7) is 3.48. The Hall–Kier alpha value is -2.18. The van der Waals surface area contributed by atoms with E-state index < -0.39 is 5.56 Å². The maximum absolute atomic E-state index is 11.2. The monoisotopic (exact) mass is 178 g/mol. The number of anilines is 1. The number of nitrogens with zero attached hydrogens (tertiary/aromatic N) is 4. The average Bonchev–Trinajstić information content (AvgIpc) is 2.47. The minimum Gasteiger partial charge on any atom is -0.369 e. The second-order valence-corrected chi connectivity index (χ2v) is 2.34. The molecule has 7 heteroatoms. The van der Waals surface area contributed by atoms with E-state index in [-0.39, 0.29) is 11.5 Å². The van der Waals surface area contributed by atoms with Crippen LogP contribution in [0.3, 0.4) is 0 Å². The zero-order valence-electron chi connectivity index (χ0n) is 6.56. The van der Waals surface area contributed by atoms with E-state index in [2.05, 4.69) is 26.9 Å². The molecule has 0 aromatic carbocycles. The fourth-order valence-corrected chi connectivity index (χ4v) is 0.980. The van der Waals surface area contributed by atoms with Crippen LogP contribution in [0.4, 0.5) is 5.95 Å². The minimum absolute atomic E-state index is 0.0305. The topological polar surface area (TPSA) is 102 Å². The van der Waals surface area contributed by atoms with E-state index in [4.69, 9.17) is 5.73 Å². The first-order valence-corrected chi connectivity index (χ1v) is 3.45. The summed E-state index contributed by atoms with van der Waals surface area (Å²) < 4.78 is 1.28. The van der Waals surface area contributed by atoms with Gasteiger partial charge in [0.2, 0.25) is 5.95 Å². The minimum atomic E-state index is -0.407. The van der Waals surface area contributed by atoms with Gasteiger partial charge in [-0.2, -0.15) is 4.98 Å². The lowest BCUT2D eigenvalue weighted by Crippen LogP contribution is -2.11. The number of rotatable bonds is 1. The highest BCUT2D eigenvalue weighted by atomic mass is 16.1. The van der Waals surface area contributed by atoms with E-state index >= 15 is 0 Å². The first-order valence-electron chi connectivity index (χ1n) is 3.45. The van der Waals surface area contributed by atoms with Gasteiger partial charge in [0.1, 0.15) is 0 Å². The van der Waals surface area contributed by atoms with Gasteiger partial charge in [0, 0.05) is 6.20 Å². The summed E-state index contributed by atoms with van der Waals surface area (Å²) in [6, 6.07) is 0. The summed E-state index contributed by atoms with van der Waals surface area (Å²) in [7, 11) is 0. The van der Waals surface area contributed by atoms with Crippen LogP contribution in [0.2, 0.25) is 0 Å². The van der Waals surface area contributed by atoms with Crippen LogP contribution in [0, 0.1) is 0 Å². The van der Waals surface area contributed by atoms with E-state index in [1.165, 1.54) is 10.9 Å². The third-order valence-electron chi connectivity index (χ3n) is 1.53. The summed E-state index contributed by atoms with van der Waals surface area (Å²) >= 11 is 0. The number of fused-ring (bicyclic) bond motifs is 1. The van der Waals surface area contributed by atoms with Crippen LogP contribution in [0.15, 0.2) is 11.4 Å². The van der Waals surface area contributed by atoms with Crippen molar-refractivity contribution in [2.75, 3.05) is 5.73 Å². The third-order valence-corrected chi connectivity index (χ3v) is 1.53. The van der Waals surface area contributed by atoms with Crippen molar-refractivity contribution in [1.29, 1.82) is 0 Å². The molecule has 3 N–H and O–H groups in total. The highest BCUT2D eigenvalue weighted by Gasteiger charge is 2.08. The Bertz CT molecular complexity index is 523. The molecule has 2 heterocycles. The molecule has 0 aliphatic heterocycles. The van der Waals surface area contributed by atoms with E-state index in [1.54, 1.807) is 0 Å². The first-order chi connectivity index (χ1) is 6.22. The Balaban J connectivity index is 2.98. The van der Waals surface area contributed by atoms with Crippen molar-refractivity contribution < 1.29 is 0 Å². The van der Waals surface area contributed by atoms with E-state index in [9.17, 15) is 4.79 Å². The molecule has 13 heavy (non-hydrogen) atoms. The van der Waals surface area contributed by atoms with Crippen molar-refractivity contribution in [2.24, 2.45) is 0 Å². The van der Waals surface area contributed by atoms with Crippen LogP contribution in [-0.4, -0.2) is 25.0 Å². The third kappa shape index (κ3) is 0.975. The van der Waals surface area contributed by atoms with Gasteiger partial charge >= 0.3 is 0 Å². The van der Waals surface area contributed by atoms with E-state index in [0.29, 0.717) is 5.65 Å². The molecule has 0 aliphatic carbocycles. The summed E-state index contributed by atoms with van der Waals surface area (Å²) in [6.07, 6.45) is 1.39. The number of nitrogens with one attached hydrogen (secondary N) is 1. The largest absolute Gasteiger partial charge is 0.369 e. The molecular formula is C6H6N6O. The van der Waals surface area contributed by atoms with Gasteiger partial charge in [-0.1, -0.05) is 11.8 Å². The summed E-state index contributed by atoms with van der Waals surface area (Å²) in [5, 5.41) is 7.24. The Morgan fingerprint density at radius 2 is 2.38 bits per heavy atom. The quantitative estimate of drug-likeness (QED) is 0.594. The fraction of sp³-hybridized carbons (Fsp3) is 0. The molecular weight excluding hydrogens is 172 g/mol. The number of hydrogen-bond donors (Lipinski definition) is 2. The molecule has 0 radical (unpaired) electrons. The highest BCUT2D eigenvalue weighted by Crippen LogP contribution is 2.02. The van der Waals surface area contributed by atoms with Crippen molar-refractivity contribution in [3.05, 3.63) is 16.9 Å². The molecule has 0 fully saturated rings. The molecule has 66 valence electrons. The lowest BCUT2D eigenvalue weighted by atomic mass is 10.5. The number of H-pyrrole nitrogens is 1. The van der Waals surface area contributed by atoms with Gasteiger partial charge in [-0.15, -0.1) is 5.10 Å². The lowest BCUT2D eigenvalue weighted by molar-refractivity contribution is 0.856. The molecule has 2 rings (SSSR count). The Morgan fingerprint density at radius 3 is 3.08 bits per heavy atom. The van der Waals surface area contributed by atoms with Crippen molar-refractivity contribution in [1.82, 2.24) is 25.0 Å². The van der Waals surface area contributed by atoms with E-state index in [0.717, 1.165) is 0 Å². The van der Waals surface area contributed by atoms with Gasteiger partial charge in [0.05, 0.1) is 0 Å². The van der Waals surface area contributed by atoms with Gasteiger partial charge < -0.3 is 5.73 Å². The second kappa shape index (κ2) is 2.41. The SMILES string of the molecule is C=Cn1nnc2c(=O)[nH]c(N)nc21. The van der Waals surface area contributed by atoms with Gasteiger partial charge in [-0.25, -0.2) is 4.68 Å². The zero-order chi connectivity index (χ0) is 9.42. The van der Waals surface area contributed by atoms with Crippen LogP contribution in [0.1, 0.15) is 0 Å². The van der Waals surface area contributed by atoms with Crippen molar-refractivity contribution in [2.45, 2.75) is 0 Å². The molecule has 0 aliphatic rings. The Morgan fingerprint density at radius 1 is 1.62 bits per heavy atom. The molecule has 2 aromatic rings. The number of aromatic amines is 1. The molecule has 0 amide bonds. The number of hydrogen-bond acceptors (Lipinski definition) is 5. The van der Waals surface area contributed by atoms with Gasteiger partial charge in [0.25, 0.3) is 5.56 Å². The van der Waals surface area contributed by atoms with E-state index in [1.807, 2.05) is 0 Å². The van der Waals surface area contributed by atoms with Gasteiger partial charge in [0.15, 0.2) is 11.2 Å². The first kappa shape index (κ1) is 7.47. The normalized spacial score (nSPS) is 10.5. The van der Waals surface area contributed by atoms with Crippen LogP contribution in [-0.2, 0) is 0 Å². The van der Waals surface area contributed by atoms with Crippen molar-refractivity contribution in [3.8, 4) is 0 Å². The van der Waals surface area contributed by atoms with Crippen LogP contribution in [0.5, 0.6) is 0 Å². The molecule has 0 saturated carbocycles. The standard InChI is InChI=1S/C6H6N6O/c1-2-12-4-3(10-11-12)5(13)9-6(7)8-4/h2H,1H2,(H3,7,8,9,13). The number of nitrogen functional groups attached to an aromatic ring is 1. The van der Waals surface area contributed by atoms with Crippen LogP contribution < -0.4 is 11.3 Å². The van der Waals surface area contributed by atoms with Crippen LogP contribution in [0.25, 0.3) is 17.4 Å². The fourth-order valence-electron chi connectivity index (χ4n) is 0.980. The predicted molar refractivity (Wildman–Crippen MR) is 46.7 cm³/mol. The predicted octanol–water partition coefficient (Wildman–Crippen LogP) is -0.803. The average molecular weight is 178 g/mol. The van der Waals surface area contributed by atoms with Crippen molar-refractivity contribution in [3.63, 3.8) is 0 Å². The number of aromatic nitrogens is 5. The molecule has 7 nitrogen and oxygen atoms in total. The van der Waals surface area contributed by atoms with Gasteiger partial charge in [-0.05, 0) is 0 Å². The summed E-state index contributed by atoms with van der Waals surface area (Å²) in [5.41, 5.74) is 5.38. The Labute approximate surface area is 71.9 Å². The molecule has 2 aromatic heterocycles. The highest BCUT2D eigenvalue weighted by molar-refractivity contribution is 5.71. The molecule has 0 unspecified atom stereocenters. The number of nitrogens with two attached hydrogens (primary N) is 1. The maximum Gasteiger partial charge on any atom is 0.282 e. The smallest absolute Gasteiger partial charge is 0.282 e. The Kier molecular flexibility index (Phi) is 1.38. The zero-order valence-corrected chi connectivity index (χ0v) is 6.56. The van der Waals surface area contributed by atoms with Crippen LogP contribution >= 0.6 is 0 Å². The summed E-state index contributed by atoms with van der Waals surface area (Å²) in [5.74, 6) is 0.0305. The molecule has 0 saturated heterocycles. The maximum atomic E-state index is 11.2. The second-order valence-electron chi connectivity index (χ2n) is 2.34. The molecule has 0 bridgehead atoms. The van der Waals surface area contributed by atoms with Gasteiger partial charge in [-0.3, -0.25) is 9.78 Å². The van der Waals surface area contributed by atoms with Crippen molar-refractivity contribution >= 4 is 23.3 Å².